The summed E-state index contributed by atoms with van der Waals surface area (Å²) >= 11 is 0. The summed E-state index contributed by atoms with van der Waals surface area (Å²) in [7, 11) is 0. The van der Waals surface area contributed by atoms with Gasteiger partial charge >= 0.3 is 0 Å². The summed E-state index contributed by atoms with van der Waals surface area (Å²) < 4.78 is 1.66. The average Bonchev–Trinajstić information content (AvgIpc) is 3.21. The summed E-state index contributed by atoms with van der Waals surface area (Å²) in [6, 6.07) is 17.5. The van der Waals surface area contributed by atoms with Gasteiger partial charge in [-0.2, -0.15) is 5.10 Å². The van der Waals surface area contributed by atoms with Gasteiger partial charge in [0.25, 0.3) is 5.69 Å². The van der Waals surface area contributed by atoms with Crippen LogP contribution in [0.25, 0.3) is 16.9 Å². The van der Waals surface area contributed by atoms with Crippen LogP contribution < -0.4 is 0 Å². The van der Waals surface area contributed by atoms with E-state index in [1.54, 1.807) is 28.9 Å². The van der Waals surface area contributed by atoms with E-state index >= 15 is 0 Å². The Morgan fingerprint density at radius 1 is 1.03 bits per heavy atom. The largest absolute Gasteiger partial charge is 0.294 e. The van der Waals surface area contributed by atoms with E-state index in [4.69, 9.17) is 0 Å². The average molecular weight is 414 g/mol. The molecule has 0 amide bonds. The molecule has 156 valence electrons. The number of nitro groups is 1. The van der Waals surface area contributed by atoms with Crippen molar-refractivity contribution in [2.45, 2.75) is 32.6 Å². The van der Waals surface area contributed by atoms with Crippen molar-refractivity contribution < 1.29 is 9.72 Å². The molecule has 0 saturated carbocycles. The van der Waals surface area contributed by atoms with Crippen LogP contribution >= 0.6 is 0 Å². The number of rotatable bonds is 5. The summed E-state index contributed by atoms with van der Waals surface area (Å²) in [4.78, 5) is 28.0. The van der Waals surface area contributed by atoms with Crippen LogP contribution in [0.1, 0.15) is 42.4 Å². The van der Waals surface area contributed by atoms with Crippen molar-refractivity contribution in [2.75, 3.05) is 0 Å². The first-order chi connectivity index (χ1) is 14.7. The highest BCUT2D eigenvalue weighted by molar-refractivity contribution is 5.97. The lowest BCUT2D eigenvalue weighted by Gasteiger charge is -2.19. The maximum atomic E-state index is 12.9. The molecule has 0 aliphatic rings. The molecule has 4 aromatic rings. The highest BCUT2D eigenvalue weighted by Gasteiger charge is 2.16. The molecular weight excluding hydrogens is 392 g/mol. The van der Waals surface area contributed by atoms with Crippen LogP contribution in [0.2, 0.25) is 0 Å². The lowest BCUT2D eigenvalue weighted by atomic mass is 9.86. The SMILES string of the molecule is CC(C)(C)c1ccc(C(=O)Cc2cc(-c3ccc([N+](=O)[O-])cc3)n3nccc3n2)cc1. The van der Waals surface area contributed by atoms with Crippen molar-refractivity contribution in [3.05, 3.63) is 93.8 Å². The summed E-state index contributed by atoms with van der Waals surface area (Å²) in [5, 5.41) is 15.2. The minimum absolute atomic E-state index is 0.0172. The van der Waals surface area contributed by atoms with Gasteiger partial charge in [0, 0.05) is 29.3 Å². The van der Waals surface area contributed by atoms with Gasteiger partial charge in [0.1, 0.15) is 0 Å². The Morgan fingerprint density at radius 2 is 1.71 bits per heavy atom. The highest BCUT2D eigenvalue weighted by atomic mass is 16.6. The number of Topliss-reactive ketones (excluding diaryl/α,β-unsaturated/α-hetero) is 1. The number of nitro benzene ring substituents is 1. The second kappa shape index (κ2) is 7.75. The van der Waals surface area contributed by atoms with Gasteiger partial charge in [0.2, 0.25) is 0 Å². The Kier molecular flexibility index (Phi) is 5.10. The fourth-order valence-corrected chi connectivity index (χ4v) is 3.44. The van der Waals surface area contributed by atoms with Gasteiger partial charge in [0.15, 0.2) is 11.4 Å². The standard InChI is InChI=1S/C24H22N4O3/c1-24(2,3)18-8-4-17(5-9-18)22(29)15-19-14-21(27-23(26-19)12-13-25-27)16-6-10-20(11-7-16)28(30)31/h4-14H,15H2,1-3H3. The molecule has 4 rings (SSSR count). The van der Waals surface area contributed by atoms with E-state index in [-0.39, 0.29) is 23.3 Å². The summed E-state index contributed by atoms with van der Waals surface area (Å²) in [5.74, 6) is -0.0218. The fraction of sp³-hybridized carbons (Fsp3) is 0.208. The maximum Gasteiger partial charge on any atom is 0.269 e. The number of non-ortho nitro benzene ring substituents is 1. The van der Waals surface area contributed by atoms with Crippen LogP contribution in [-0.4, -0.2) is 25.3 Å². The van der Waals surface area contributed by atoms with Gasteiger partial charge in [-0.25, -0.2) is 9.50 Å². The van der Waals surface area contributed by atoms with Crippen molar-refractivity contribution >= 4 is 17.1 Å². The van der Waals surface area contributed by atoms with Crippen molar-refractivity contribution in [3.63, 3.8) is 0 Å². The topological polar surface area (TPSA) is 90.4 Å². The van der Waals surface area contributed by atoms with Gasteiger partial charge in [-0.1, -0.05) is 45.0 Å². The molecular formula is C24H22N4O3. The van der Waals surface area contributed by atoms with Crippen molar-refractivity contribution in [1.29, 1.82) is 0 Å². The third-order valence-corrected chi connectivity index (χ3v) is 5.20. The minimum Gasteiger partial charge on any atom is -0.294 e. The van der Waals surface area contributed by atoms with E-state index in [9.17, 15) is 14.9 Å². The number of nitrogens with zero attached hydrogens (tertiary/aromatic N) is 4. The number of hydrogen-bond acceptors (Lipinski definition) is 5. The quantitative estimate of drug-likeness (QED) is 0.260. The predicted octanol–water partition coefficient (Wildman–Crippen LogP) is 5.03. The number of carbonyl (C=O) groups excluding carboxylic acids is 1. The number of fused-ring (bicyclic) bond motifs is 1. The van der Waals surface area contributed by atoms with Crippen LogP contribution in [0.5, 0.6) is 0 Å². The normalized spacial score (nSPS) is 11.6. The van der Waals surface area contributed by atoms with Crippen LogP contribution in [0, 0.1) is 10.1 Å². The third-order valence-electron chi connectivity index (χ3n) is 5.20. The predicted molar refractivity (Wildman–Crippen MR) is 118 cm³/mol. The molecule has 0 bridgehead atoms. The fourth-order valence-electron chi connectivity index (χ4n) is 3.44. The Balaban J connectivity index is 1.65. The Labute approximate surface area is 179 Å². The van der Waals surface area contributed by atoms with E-state index in [0.717, 1.165) is 11.3 Å². The van der Waals surface area contributed by atoms with Gasteiger partial charge in [0.05, 0.1) is 28.9 Å². The third kappa shape index (κ3) is 4.21. The van der Waals surface area contributed by atoms with Gasteiger partial charge in [-0.3, -0.25) is 14.9 Å². The van der Waals surface area contributed by atoms with E-state index in [1.807, 2.05) is 30.3 Å². The van der Waals surface area contributed by atoms with E-state index in [2.05, 4.69) is 30.9 Å². The van der Waals surface area contributed by atoms with Crippen molar-refractivity contribution in [2.24, 2.45) is 0 Å². The molecule has 0 atom stereocenters. The van der Waals surface area contributed by atoms with Gasteiger partial charge < -0.3 is 0 Å². The molecule has 0 fully saturated rings. The number of carbonyl (C=O) groups is 1. The van der Waals surface area contributed by atoms with E-state index < -0.39 is 4.92 Å². The molecule has 31 heavy (non-hydrogen) atoms. The molecule has 7 heteroatoms. The molecule has 0 aliphatic carbocycles. The molecule has 0 saturated heterocycles. The number of ketones is 1. The molecule has 0 spiro atoms. The monoisotopic (exact) mass is 414 g/mol. The molecule has 2 aromatic heterocycles. The molecule has 2 heterocycles. The summed E-state index contributed by atoms with van der Waals surface area (Å²) in [6.07, 6.45) is 1.78. The van der Waals surface area contributed by atoms with Gasteiger partial charge in [-0.15, -0.1) is 0 Å². The summed E-state index contributed by atoms with van der Waals surface area (Å²) in [5.41, 5.74) is 4.55. The van der Waals surface area contributed by atoms with Crippen LogP contribution in [0.4, 0.5) is 5.69 Å². The van der Waals surface area contributed by atoms with Crippen LogP contribution in [0.15, 0.2) is 66.9 Å². The number of aromatic nitrogens is 3. The molecule has 0 radical (unpaired) electrons. The minimum atomic E-state index is -0.436. The second-order valence-electron chi connectivity index (χ2n) is 8.47. The van der Waals surface area contributed by atoms with Crippen LogP contribution in [-0.2, 0) is 11.8 Å². The highest BCUT2D eigenvalue weighted by Crippen LogP contribution is 2.25. The zero-order chi connectivity index (χ0) is 22.2. The second-order valence-corrected chi connectivity index (χ2v) is 8.47. The first-order valence-corrected chi connectivity index (χ1v) is 9.94. The molecule has 0 aliphatic heterocycles. The maximum absolute atomic E-state index is 12.9. The zero-order valence-electron chi connectivity index (χ0n) is 17.6. The molecule has 7 nitrogen and oxygen atoms in total. The molecule has 0 unspecified atom stereocenters. The lowest BCUT2D eigenvalue weighted by Crippen LogP contribution is -2.12. The van der Waals surface area contributed by atoms with Crippen molar-refractivity contribution in [3.8, 4) is 11.3 Å². The van der Waals surface area contributed by atoms with Gasteiger partial charge in [-0.05, 0) is 29.2 Å². The van der Waals surface area contributed by atoms with E-state index in [1.165, 1.54) is 17.7 Å². The lowest BCUT2D eigenvalue weighted by molar-refractivity contribution is -0.384. The Bertz CT molecular complexity index is 1270. The Hall–Kier alpha value is -3.87. The summed E-state index contributed by atoms with van der Waals surface area (Å²) in [6.45, 7) is 6.40. The smallest absolute Gasteiger partial charge is 0.269 e. The zero-order valence-corrected chi connectivity index (χ0v) is 17.6. The molecule has 2 aromatic carbocycles. The number of benzene rings is 2. The first kappa shape index (κ1) is 20.4. The molecule has 0 N–H and O–H groups in total. The first-order valence-electron chi connectivity index (χ1n) is 9.94. The van der Waals surface area contributed by atoms with Crippen molar-refractivity contribution in [1.82, 2.24) is 14.6 Å². The van der Waals surface area contributed by atoms with Crippen LogP contribution in [0.3, 0.4) is 0 Å². The van der Waals surface area contributed by atoms with E-state index in [0.29, 0.717) is 16.9 Å². The Morgan fingerprint density at radius 3 is 2.32 bits per heavy atom. The number of hydrogen-bond donors (Lipinski definition) is 0.